The van der Waals surface area contributed by atoms with Crippen molar-refractivity contribution in [1.82, 2.24) is 0 Å². The van der Waals surface area contributed by atoms with Crippen molar-refractivity contribution in [3.05, 3.63) is 12.2 Å². The number of hydrogen-bond acceptors (Lipinski definition) is 5. The van der Waals surface area contributed by atoms with Crippen molar-refractivity contribution in [2.24, 2.45) is 0 Å². The molecule has 6 heteroatoms. The summed E-state index contributed by atoms with van der Waals surface area (Å²) in [6, 6.07) is 0. The summed E-state index contributed by atoms with van der Waals surface area (Å²) in [5, 5.41) is 8.41. The molecule has 0 saturated carbocycles. The molecule has 0 amide bonds. The maximum Gasteiger partial charge on any atom is 0.510 e. The monoisotopic (exact) mass is 218 g/mol. The van der Waals surface area contributed by atoms with Crippen LogP contribution in [0.3, 0.4) is 0 Å². The zero-order valence-corrected chi connectivity index (χ0v) is 8.90. The van der Waals surface area contributed by atoms with Gasteiger partial charge in [0.25, 0.3) is 0 Å². The van der Waals surface area contributed by atoms with Crippen LogP contribution in [0.15, 0.2) is 12.2 Å². The quantitative estimate of drug-likeness (QED) is 0.428. The van der Waals surface area contributed by atoms with Crippen molar-refractivity contribution in [3.8, 4) is 0 Å². The number of carbonyl (C=O) groups is 2. The van der Waals surface area contributed by atoms with E-state index in [1.165, 1.54) is 13.8 Å². The molecule has 0 bridgehead atoms. The lowest BCUT2D eigenvalue weighted by Gasteiger charge is -2.26. The van der Waals surface area contributed by atoms with E-state index in [1.54, 1.807) is 6.92 Å². The Kier molecular flexibility index (Phi) is 4.80. The first-order valence-corrected chi connectivity index (χ1v) is 4.25. The molecule has 1 unspecified atom stereocenters. The van der Waals surface area contributed by atoms with Crippen LogP contribution >= 0.6 is 0 Å². The van der Waals surface area contributed by atoms with E-state index in [1.807, 2.05) is 0 Å². The summed E-state index contributed by atoms with van der Waals surface area (Å²) in [6.45, 7) is 7.70. The van der Waals surface area contributed by atoms with Gasteiger partial charge in [0.1, 0.15) is 0 Å². The zero-order chi connectivity index (χ0) is 12.1. The van der Waals surface area contributed by atoms with Crippen molar-refractivity contribution >= 4 is 12.1 Å². The summed E-state index contributed by atoms with van der Waals surface area (Å²) in [4.78, 5) is 21.5. The average Bonchev–Trinajstić information content (AvgIpc) is 2.01. The van der Waals surface area contributed by atoms with E-state index >= 15 is 0 Å². The first kappa shape index (κ1) is 13.4. The Morgan fingerprint density at radius 3 is 2.27 bits per heavy atom. The van der Waals surface area contributed by atoms with Crippen LogP contribution < -0.4 is 0 Å². The minimum Gasteiger partial charge on any atom is -0.450 e. The number of carboxylic acid groups (broad SMARTS) is 1. The van der Waals surface area contributed by atoms with Gasteiger partial charge >= 0.3 is 18.1 Å². The normalized spacial score (nSPS) is 13.8. The van der Waals surface area contributed by atoms with Crippen molar-refractivity contribution in [2.45, 2.75) is 26.7 Å². The number of hydrogen-bond donors (Lipinski definition) is 1. The second kappa shape index (κ2) is 5.35. The van der Waals surface area contributed by atoms with Crippen molar-refractivity contribution in [3.63, 3.8) is 0 Å². The van der Waals surface area contributed by atoms with Gasteiger partial charge in [-0.1, -0.05) is 6.58 Å². The molecule has 0 heterocycles. The number of ether oxygens (including phenoxy) is 3. The molecule has 0 aliphatic heterocycles. The van der Waals surface area contributed by atoms with E-state index in [4.69, 9.17) is 9.84 Å². The molecule has 0 aromatic heterocycles. The molecule has 15 heavy (non-hydrogen) atoms. The lowest BCUT2D eigenvalue weighted by atomic mass is 10.4. The summed E-state index contributed by atoms with van der Waals surface area (Å²) in [6.07, 6.45) is -1.60. The second-order valence-electron chi connectivity index (χ2n) is 2.83. The standard InChI is InChI=1S/C9H14O6/c1-5-13-9(4,15-8(11)12)14-7(10)6(2)3/h2,5H2,1,3-4H3,(H,11,12). The van der Waals surface area contributed by atoms with Crippen LogP contribution in [0.5, 0.6) is 0 Å². The zero-order valence-electron chi connectivity index (χ0n) is 8.90. The molecule has 0 aromatic carbocycles. The summed E-state index contributed by atoms with van der Waals surface area (Å²) < 4.78 is 13.9. The molecular weight excluding hydrogens is 204 g/mol. The summed E-state index contributed by atoms with van der Waals surface area (Å²) in [5.74, 6) is -2.72. The Labute approximate surface area is 87.4 Å². The highest BCUT2D eigenvalue weighted by Crippen LogP contribution is 2.16. The second-order valence-corrected chi connectivity index (χ2v) is 2.83. The molecule has 0 aliphatic carbocycles. The van der Waals surface area contributed by atoms with Gasteiger partial charge in [-0.15, -0.1) is 0 Å². The van der Waals surface area contributed by atoms with Crippen molar-refractivity contribution in [2.75, 3.05) is 6.61 Å². The van der Waals surface area contributed by atoms with Gasteiger partial charge in [0.15, 0.2) is 0 Å². The molecule has 0 saturated heterocycles. The highest BCUT2D eigenvalue weighted by molar-refractivity contribution is 5.87. The fourth-order valence-corrected chi connectivity index (χ4v) is 0.756. The van der Waals surface area contributed by atoms with Crippen LogP contribution in [0.25, 0.3) is 0 Å². The highest BCUT2D eigenvalue weighted by atomic mass is 16.9. The Morgan fingerprint density at radius 1 is 1.40 bits per heavy atom. The van der Waals surface area contributed by atoms with Gasteiger partial charge in [-0.25, -0.2) is 9.59 Å². The molecule has 1 N–H and O–H groups in total. The molecule has 6 nitrogen and oxygen atoms in total. The minimum atomic E-state index is -1.93. The molecule has 0 spiro atoms. The van der Waals surface area contributed by atoms with E-state index in [0.717, 1.165) is 0 Å². The summed E-state index contributed by atoms with van der Waals surface area (Å²) in [5.41, 5.74) is 0.120. The molecule has 1 atom stereocenters. The van der Waals surface area contributed by atoms with Gasteiger partial charge in [-0.05, 0) is 13.8 Å². The molecule has 86 valence electrons. The third kappa shape index (κ3) is 5.02. The molecular formula is C9H14O6. The number of carbonyl (C=O) groups excluding carboxylic acids is 1. The van der Waals surface area contributed by atoms with Crippen molar-refractivity contribution in [1.29, 1.82) is 0 Å². The van der Waals surface area contributed by atoms with Gasteiger partial charge < -0.3 is 19.3 Å². The molecule has 0 radical (unpaired) electrons. The van der Waals surface area contributed by atoms with Crippen LogP contribution in [0.1, 0.15) is 20.8 Å². The minimum absolute atomic E-state index is 0.120. The first-order chi connectivity index (χ1) is 6.80. The topological polar surface area (TPSA) is 82.1 Å². The van der Waals surface area contributed by atoms with E-state index in [2.05, 4.69) is 16.1 Å². The van der Waals surface area contributed by atoms with Gasteiger partial charge in [0, 0.05) is 12.5 Å². The smallest absolute Gasteiger partial charge is 0.450 e. The molecule has 0 fully saturated rings. The highest BCUT2D eigenvalue weighted by Gasteiger charge is 2.34. The van der Waals surface area contributed by atoms with E-state index < -0.39 is 18.1 Å². The van der Waals surface area contributed by atoms with Gasteiger partial charge in [0.05, 0.1) is 6.61 Å². The number of rotatable bonds is 5. The maximum atomic E-state index is 11.1. The van der Waals surface area contributed by atoms with Crippen LogP contribution in [0, 0.1) is 0 Å². The average molecular weight is 218 g/mol. The summed E-state index contributed by atoms with van der Waals surface area (Å²) in [7, 11) is 0. The van der Waals surface area contributed by atoms with E-state index in [-0.39, 0.29) is 12.2 Å². The Bertz CT molecular complexity index is 272. The lowest BCUT2D eigenvalue weighted by Crippen LogP contribution is -2.39. The van der Waals surface area contributed by atoms with Crippen LogP contribution in [-0.4, -0.2) is 29.8 Å². The Balaban J connectivity index is 4.56. The largest absolute Gasteiger partial charge is 0.510 e. The lowest BCUT2D eigenvalue weighted by molar-refractivity contribution is -0.328. The predicted molar refractivity (Wildman–Crippen MR) is 50.0 cm³/mol. The molecule has 0 rings (SSSR count). The Hall–Kier alpha value is -1.56. The third-order valence-electron chi connectivity index (χ3n) is 1.31. The first-order valence-electron chi connectivity index (χ1n) is 4.25. The maximum absolute atomic E-state index is 11.1. The van der Waals surface area contributed by atoms with Gasteiger partial charge in [-0.2, -0.15) is 0 Å². The molecule has 0 aliphatic rings. The van der Waals surface area contributed by atoms with Crippen LogP contribution in [0.2, 0.25) is 0 Å². The fraction of sp³-hybridized carbons (Fsp3) is 0.556. The third-order valence-corrected chi connectivity index (χ3v) is 1.31. The van der Waals surface area contributed by atoms with E-state index in [9.17, 15) is 9.59 Å². The van der Waals surface area contributed by atoms with Crippen LogP contribution in [-0.2, 0) is 19.0 Å². The predicted octanol–water partition coefficient (Wildman–Crippen LogP) is 1.51. The van der Waals surface area contributed by atoms with E-state index in [0.29, 0.717) is 0 Å². The van der Waals surface area contributed by atoms with Crippen LogP contribution in [0.4, 0.5) is 4.79 Å². The van der Waals surface area contributed by atoms with Gasteiger partial charge in [0.2, 0.25) is 0 Å². The SMILES string of the molecule is C=C(C)C(=O)OC(C)(OCC)OC(=O)O. The number of esters is 1. The molecule has 0 aromatic rings. The Morgan fingerprint density at radius 2 is 1.93 bits per heavy atom. The van der Waals surface area contributed by atoms with Crippen molar-refractivity contribution < 1.29 is 28.9 Å². The summed E-state index contributed by atoms with van der Waals surface area (Å²) >= 11 is 0. The van der Waals surface area contributed by atoms with Gasteiger partial charge in [-0.3, -0.25) is 0 Å². The fourth-order valence-electron chi connectivity index (χ4n) is 0.756.